The van der Waals surface area contributed by atoms with Crippen LogP contribution in [0.4, 0.5) is 0 Å². The van der Waals surface area contributed by atoms with Gasteiger partial charge in [0.25, 0.3) is 5.91 Å². The van der Waals surface area contributed by atoms with E-state index in [2.05, 4.69) is 10.3 Å². The molecule has 0 aliphatic rings. The second kappa shape index (κ2) is 9.70. The maximum absolute atomic E-state index is 12.5. The Morgan fingerprint density at radius 3 is 2.61 bits per heavy atom. The molecule has 4 N–H and O–H groups in total. The number of aromatic nitrogens is 1. The largest absolute Gasteiger partial charge is 0.460 e. The van der Waals surface area contributed by atoms with E-state index in [-0.39, 0.29) is 12.5 Å². The van der Waals surface area contributed by atoms with Crippen LogP contribution >= 0.6 is 0 Å². The Labute approximate surface area is 163 Å². The summed E-state index contributed by atoms with van der Waals surface area (Å²) < 4.78 is 10.00. The Bertz CT molecular complexity index is 873. The van der Waals surface area contributed by atoms with Crippen molar-refractivity contribution in [2.45, 2.75) is 20.3 Å². The van der Waals surface area contributed by atoms with Crippen LogP contribution in [0.15, 0.2) is 24.3 Å². The van der Waals surface area contributed by atoms with Gasteiger partial charge in [-0.15, -0.1) is 0 Å². The van der Waals surface area contributed by atoms with Gasteiger partial charge in [-0.25, -0.2) is 4.79 Å². The number of primary amides is 1. The number of methoxy groups -OCH3 is 1. The number of carbonyl (C=O) groups excluding carboxylic acids is 3. The molecule has 2 rings (SSSR count). The van der Waals surface area contributed by atoms with Crippen molar-refractivity contribution in [2.24, 2.45) is 5.73 Å². The van der Waals surface area contributed by atoms with E-state index < -0.39 is 11.9 Å². The van der Waals surface area contributed by atoms with Crippen molar-refractivity contribution in [1.29, 1.82) is 0 Å². The number of carbonyl (C=O) groups is 3. The lowest BCUT2D eigenvalue weighted by Gasteiger charge is -2.07. The Morgan fingerprint density at radius 2 is 1.93 bits per heavy atom. The van der Waals surface area contributed by atoms with Crippen molar-refractivity contribution in [3.63, 3.8) is 0 Å². The monoisotopic (exact) mass is 387 g/mol. The van der Waals surface area contributed by atoms with E-state index in [0.717, 1.165) is 5.56 Å². The van der Waals surface area contributed by atoms with Crippen molar-refractivity contribution in [3.8, 4) is 0 Å². The third-order valence-corrected chi connectivity index (χ3v) is 4.30. The number of nitrogens with two attached hydrogens (primary N) is 1. The molecule has 0 spiro atoms. The summed E-state index contributed by atoms with van der Waals surface area (Å²) in [7, 11) is 1.52. The number of hydrogen-bond donors (Lipinski definition) is 3. The first-order chi connectivity index (χ1) is 13.3. The molecule has 0 atom stereocenters. The molecule has 8 heteroatoms. The normalized spacial score (nSPS) is 10.5. The van der Waals surface area contributed by atoms with Gasteiger partial charge in [-0.05, 0) is 43.5 Å². The van der Waals surface area contributed by atoms with Crippen LogP contribution in [0, 0.1) is 13.8 Å². The van der Waals surface area contributed by atoms with Crippen molar-refractivity contribution in [2.75, 3.05) is 26.9 Å². The first-order valence-electron chi connectivity index (χ1n) is 8.87. The van der Waals surface area contributed by atoms with Gasteiger partial charge < -0.3 is 25.5 Å². The van der Waals surface area contributed by atoms with Gasteiger partial charge in [-0.3, -0.25) is 9.59 Å². The molecule has 150 valence electrons. The zero-order chi connectivity index (χ0) is 20.7. The Hall–Kier alpha value is -3.13. The van der Waals surface area contributed by atoms with E-state index in [0.29, 0.717) is 47.7 Å². The molecule has 1 aromatic heterocycles. The van der Waals surface area contributed by atoms with Crippen LogP contribution in [0.2, 0.25) is 0 Å². The first-order valence-corrected chi connectivity index (χ1v) is 8.87. The summed E-state index contributed by atoms with van der Waals surface area (Å²) in [5, 5.41) is 2.81. The van der Waals surface area contributed by atoms with Crippen LogP contribution in [0.5, 0.6) is 0 Å². The molecule has 28 heavy (non-hydrogen) atoms. The fourth-order valence-corrected chi connectivity index (χ4v) is 2.86. The maximum Gasteiger partial charge on any atom is 0.340 e. The van der Waals surface area contributed by atoms with E-state index in [1.165, 1.54) is 7.11 Å². The second-order valence-electron chi connectivity index (χ2n) is 6.32. The summed E-state index contributed by atoms with van der Waals surface area (Å²) in [6.45, 7) is 4.23. The van der Waals surface area contributed by atoms with E-state index in [1.807, 2.05) is 6.07 Å². The average molecular weight is 387 g/mol. The molecule has 0 bridgehead atoms. The Balaban J connectivity index is 1.99. The lowest BCUT2D eigenvalue weighted by atomic mass is 10.1. The minimum Gasteiger partial charge on any atom is -0.460 e. The molecule has 0 radical (unpaired) electrons. The molecular formula is C20H25N3O5. The molecule has 0 saturated carbocycles. The van der Waals surface area contributed by atoms with E-state index in [9.17, 15) is 14.4 Å². The summed E-state index contributed by atoms with van der Waals surface area (Å²) >= 11 is 0. The van der Waals surface area contributed by atoms with Gasteiger partial charge in [0.15, 0.2) is 0 Å². The lowest BCUT2D eigenvalue weighted by Crippen LogP contribution is -2.26. The van der Waals surface area contributed by atoms with E-state index >= 15 is 0 Å². The fraction of sp³-hybridized carbons (Fsp3) is 0.350. The summed E-state index contributed by atoms with van der Waals surface area (Å²) in [6.07, 6.45) is 0.539. The third-order valence-electron chi connectivity index (χ3n) is 4.30. The van der Waals surface area contributed by atoms with Crippen LogP contribution < -0.4 is 11.1 Å². The number of nitrogens with one attached hydrogen (secondary N) is 2. The number of rotatable bonds is 9. The molecular weight excluding hydrogens is 362 g/mol. The minimum atomic E-state index is -0.495. The first kappa shape index (κ1) is 21.2. The molecule has 2 amide bonds. The lowest BCUT2D eigenvalue weighted by molar-refractivity contribution is 0.0386. The third kappa shape index (κ3) is 5.20. The molecule has 8 nitrogen and oxygen atoms in total. The molecule has 0 unspecified atom stereocenters. The highest BCUT2D eigenvalue weighted by atomic mass is 16.6. The van der Waals surface area contributed by atoms with Gasteiger partial charge in [-0.2, -0.15) is 0 Å². The quantitative estimate of drug-likeness (QED) is 0.444. The van der Waals surface area contributed by atoms with E-state index in [4.69, 9.17) is 15.2 Å². The average Bonchev–Trinajstić information content (AvgIpc) is 2.96. The topological polar surface area (TPSA) is 124 Å². The van der Waals surface area contributed by atoms with E-state index in [1.54, 1.807) is 32.0 Å². The SMILES string of the molecule is COCCOC(=O)c1c(C)[nH]c(C(=O)NCCc2cccc(C(N)=O)c2)c1C. The summed E-state index contributed by atoms with van der Waals surface area (Å²) in [6, 6.07) is 6.95. The molecule has 0 saturated heterocycles. The van der Waals surface area contributed by atoms with Crippen molar-refractivity contribution in [3.05, 3.63) is 57.9 Å². The van der Waals surface area contributed by atoms with Crippen LogP contribution in [0.1, 0.15) is 48.0 Å². The zero-order valence-electron chi connectivity index (χ0n) is 16.3. The number of esters is 1. The molecule has 1 aromatic carbocycles. The highest BCUT2D eigenvalue weighted by Crippen LogP contribution is 2.19. The summed E-state index contributed by atoms with van der Waals surface area (Å²) in [5.74, 6) is -1.30. The van der Waals surface area contributed by atoms with Gasteiger partial charge in [0.05, 0.1) is 12.2 Å². The molecule has 1 heterocycles. The smallest absolute Gasteiger partial charge is 0.340 e. The number of aryl methyl sites for hydroxylation is 1. The second-order valence-corrected chi connectivity index (χ2v) is 6.32. The van der Waals surface area contributed by atoms with Gasteiger partial charge in [-0.1, -0.05) is 12.1 Å². The molecule has 0 fully saturated rings. The summed E-state index contributed by atoms with van der Waals surface area (Å²) in [5.41, 5.74) is 8.37. The maximum atomic E-state index is 12.5. The number of hydrogen-bond acceptors (Lipinski definition) is 5. The molecule has 2 aromatic rings. The highest BCUT2D eigenvalue weighted by molar-refractivity contribution is 6.00. The van der Waals surface area contributed by atoms with Crippen LogP contribution in [-0.4, -0.2) is 49.6 Å². The zero-order valence-corrected chi connectivity index (χ0v) is 16.3. The van der Waals surface area contributed by atoms with Crippen molar-refractivity contribution >= 4 is 17.8 Å². The van der Waals surface area contributed by atoms with Crippen molar-refractivity contribution < 1.29 is 23.9 Å². The van der Waals surface area contributed by atoms with Crippen molar-refractivity contribution in [1.82, 2.24) is 10.3 Å². The predicted molar refractivity (Wildman–Crippen MR) is 103 cm³/mol. The predicted octanol–water partition coefficient (Wildman–Crippen LogP) is 1.51. The standard InChI is InChI=1S/C20H25N3O5/c1-12-16(20(26)28-10-9-27-3)13(2)23-17(12)19(25)22-8-7-14-5-4-6-15(11-14)18(21)24/h4-6,11,23H,7-10H2,1-3H3,(H2,21,24)(H,22,25). The van der Waals surface area contributed by atoms with Gasteiger partial charge in [0.2, 0.25) is 5.91 Å². The fourth-order valence-electron chi connectivity index (χ4n) is 2.86. The van der Waals surface area contributed by atoms with Crippen LogP contribution in [0.25, 0.3) is 0 Å². The number of H-pyrrole nitrogens is 1. The number of amides is 2. The summed E-state index contributed by atoms with van der Waals surface area (Å²) in [4.78, 5) is 38.9. The Kier molecular flexibility index (Phi) is 7.34. The highest BCUT2D eigenvalue weighted by Gasteiger charge is 2.22. The van der Waals surface area contributed by atoms with Gasteiger partial charge >= 0.3 is 5.97 Å². The van der Waals surface area contributed by atoms with Gasteiger partial charge in [0, 0.05) is 24.9 Å². The van der Waals surface area contributed by atoms with Crippen LogP contribution in [-0.2, 0) is 15.9 Å². The number of benzene rings is 1. The number of aromatic amines is 1. The van der Waals surface area contributed by atoms with Gasteiger partial charge in [0.1, 0.15) is 12.3 Å². The minimum absolute atomic E-state index is 0.144. The van der Waals surface area contributed by atoms with Crippen LogP contribution in [0.3, 0.4) is 0 Å². The molecule has 0 aliphatic heterocycles. The Morgan fingerprint density at radius 1 is 1.18 bits per heavy atom. The molecule has 0 aliphatic carbocycles. The number of ether oxygens (including phenoxy) is 2.